The van der Waals surface area contributed by atoms with Gasteiger partial charge in [-0.2, -0.15) is 13.2 Å². The Kier molecular flexibility index (Phi) is 3.62. The standard InChI is InChI=1S/C14H8ClF3O/c15-12-7-2-1-6-11(12)13(19)9-4-3-5-10(8-9)14(16,17)18/h1-8H. The molecule has 2 rings (SSSR count). The molecular weight excluding hydrogens is 277 g/mol. The number of halogens is 4. The highest BCUT2D eigenvalue weighted by molar-refractivity contribution is 6.34. The largest absolute Gasteiger partial charge is 0.416 e. The Morgan fingerprint density at radius 1 is 1.00 bits per heavy atom. The molecule has 98 valence electrons. The van der Waals surface area contributed by atoms with Crippen molar-refractivity contribution >= 4 is 17.4 Å². The SMILES string of the molecule is O=C(c1cccc(C(F)(F)F)c1)c1ccccc1Cl. The molecule has 0 bridgehead atoms. The summed E-state index contributed by atoms with van der Waals surface area (Å²) in [4.78, 5) is 12.1. The molecule has 2 aromatic rings. The minimum Gasteiger partial charge on any atom is -0.289 e. The van der Waals surface area contributed by atoms with Crippen LogP contribution in [-0.4, -0.2) is 5.78 Å². The number of hydrogen-bond donors (Lipinski definition) is 0. The number of benzene rings is 2. The Morgan fingerprint density at radius 3 is 2.32 bits per heavy atom. The van der Waals surface area contributed by atoms with Crippen LogP contribution >= 0.6 is 11.6 Å². The fourth-order valence-corrected chi connectivity index (χ4v) is 1.86. The zero-order valence-electron chi connectivity index (χ0n) is 9.54. The number of carbonyl (C=O) groups excluding carboxylic acids is 1. The van der Waals surface area contributed by atoms with Crippen LogP contribution in [0, 0.1) is 0 Å². The minimum absolute atomic E-state index is 0.0390. The maximum absolute atomic E-state index is 12.6. The lowest BCUT2D eigenvalue weighted by atomic mass is 10.0. The number of ketones is 1. The van der Waals surface area contributed by atoms with Crippen molar-refractivity contribution in [2.75, 3.05) is 0 Å². The van der Waals surface area contributed by atoms with E-state index in [0.717, 1.165) is 12.1 Å². The van der Waals surface area contributed by atoms with Crippen molar-refractivity contribution < 1.29 is 18.0 Å². The average Bonchev–Trinajstić information content (AvgIpc) is 2.38. The van der Waals surface area contributed by atoms with E-state index in [4.69, 9.17) is 11.6 Å². The Labute approximate surface area is 112 Å². The summed E-state index contributed by atoms with van der Waals surface area (Å²) < 4.78 is 37.7. The van der Waals surface area contributed by atoms with E-state index in [0.29, 0.717) is 0 Å². The van der Waals surface area contributed by atoms with Gasteiger partial charge in [0.1, 0.15) is 0 Å². The molecular formula is C14H8ClF3O. The van der Waals surface area contributed by atoms with Crippen LogP contribution in [0.1, 0.15) is 21.5 Å². The third kappa shape index (κ3) is 2.96. The van der Waals surface area contributed by atoms with Crippen molar-refractivity contribution in [3.63, 3.8) is 0 Å². The van der Waals surface area contributed by atoms with E-state index >= 15 is 0 Å². The molecule has 0 heterocycles. The molecule has 0 aliphatic rings. The van der Waals surface area contributed by atoms with Gasteiger partial charge in [0.05, 0.1) is 10.6 Å². The molecule has 0 amide bonds. The third-order valence-corrected chi connectivity index (χ3v) is 2.90. The summed E-state index contributed by atoms with van der Waals surface area (Å²) in [6.07, 6.45) is -4.48. The summed E-state index contributed by atoms with van der Waals surface area (Å²) in [5.41, 5.74) is -0.711. The lowest BCUT2D eigenvalue weighted by Gasteiger charge is -2.08. The third-order valence-electron chi connectivity index (χ3n) is 2.57. The van der Waals surface area contributed by atoms with Gasteiger partial charge in [-0.1, -0.05) is 35.9 Å². The second kappa shape index (κ2) is 5.05. The van der Waals surface area contributed by atoms with Crippen molar-refractivity contribution in [2.45, 2.75) is 6.18 Å². The predicted octanol–water partition coefficient (Wildman–Crippen LogP) is 4.59. The molecule has 0 saturated carbocycles. The van der Waals surface area contributed by atoms with E-state index < -0.39 is 17.5 Å². The smallest absolute Gasteiger partial charge is 0.289 e. The number of alkyl halides is 3. The van der Waals surface area contributed by atoms with Gasteiger partial charge in [-0.3, -0.25) is 4.79 Å². The van der Waals surface area contributed by atoms with Crippen LogP contribution in [-0.2, 0) is 6.18 Å². The molecule has 0 fully saturated rings. The first-order valence-electron chi connectivity index (χ1n) is 5.36. The maximum atomic E-state index is 12.6. The summed E-state index contributed by atoms with van der Waals surface area (Å²) in [6, 6.07) is 10.5. The molecule has 0 spiro atoms. The van der Waals surface area contributed by atoms with Gasteiger partial charge in [0.25, 0.3) is 0 Å². The molecule has 0 aliphatic heterocycles. The molecule has 0 aliphatic carbocycles. The first kappa shape index (κ1) is 13.6. The molecule has 0 aromatic heterocycles. The Balaban J connectivity index is 2.43. The van der Waals surface area contributed by atoms with Gasteiger partial charge in [-0.05, 0) is 24.3 Å². The van der Waals surface area contributed by atoms with Crippen LogP contribution in [0.3, 0.4) is 0 Å². The van der Waals surface area contributed by atoms with E-state index in [1.807, 2.05) is 0 Å². The highest BCUT2D eigenvalue weighted by Gasteiger charge is 2.31. The van der Waals surface area contributed by atoms with Crippen LogP contribution in [0.2, 0.25) is 5.02 Å². The van der Waals surface area contributed by atoms with E-state index in [1.54, 1.807) is 12.1 Å². The fourth-order valence-electron chi connectivity index (χ4n) is 1.64. The Morgan fingerprint density at radius 2 is 1.68 bits per heavy atom. The summed E-state index contributed by atoms with van der Waals surface area (Å²) in [6.45, 7) is 0. The summed E-state index contributed by atoms with van der Waals surface area (Å²) >= 11 is 5.86. The number of rotatable bonds is 2. The number of hydrogen-bond acceptors (Lipinski definition) is 1. The molecule has 19 heavy (non-hydrogen) atoms. The van der Waals surface area contributed by atoms with Gasteiger partial charge >= 0.3 is 6.18 Å². The van der Waals surface area contributed by atoms with Gasteiger partial charge in [0, 0.05) is 11.1 Å². The molecule has 0 atom stereocenters. The van der Waals surface area contributed by atoms with Crippen molar-refractivity contribution in [2.24, 2.45) is 0 Å². The van der Waals surface area contributed by atoms with E-state index in [1.165, 1.54) is 24.3 Å². The molecule has 0 saturated heterocycles. The van der Waals surface area contributed by atoms with Crippen LogP contribution in [0.25, 0.3) is 0 Å². The second-order valence-electron chi connectivity index (χ2n) is 3.89. The molecule has 0 radical (unpaired) electrons. The van der Waals surface area contributed by atoms with Gasteiger partial charge in [-0.15, -0.1) is 0 Å². The molecule has 2 aromatic carbocycles. The summed E-state index contributed by atoms with van der Waals surface area (Å²) in [5, 5.41) is 0.213. The normalized spacial score (nSPS) is 11.4. The molecule has 0 unspecified atom stereocenters. The van der Waals surface area contributed by atoms with Crippen molar-refractivity contribution in [3.8, 4) is 0 Å². The monoisotopic (exact) mass is 284 g/mol. The Bertz CT molecular complexity index is 620. The highest BCUT2D eigenvalue weighted by atomic mass is 35.5. The number of carbonyl (C=O) groups is 1. The summed E-state index contributed by atoms with van der Waals surface area (Å²) in [5.74, 6) is -0.531. The quantitative estimate of drug-likeness (QED) is 0.737. The van der Waals surface area contributed by atoms with Gasteiger partial charge in [0.2, 0.25) is 0 Å². The van der Waals surface area contributed by atoms with Gasteiger partial charge in [0.15, 0.2) is 5.78 Å². The highest BCUT2D eigenvalue weighted by Crippen LogP contribution is 2.30. The topological polar surface area (TPSA) is 17.1 Å². The first-order valence-corrected chi connectivity index (χ1v) is 5.74. The van der Waals surface area contributed by atoms with Crippen molar-refractivity contribution in [3.05, 3.63) is 70.2 Å². The molecule has 1 nitrogen and oxygen atoms in total. The second-order valence-corrected chi connectivity index (χ2v) is 4.29. The van der Waals surface area contributed by atoms with E-state index in [2.05, 4.69) is 0 Å². The van der Waals surface area contributed by atoms with Gasteiger partial charge < -0.3 is 0 Å². The zero-order chi connectivity index (χ0) is 14.0. The van der Waals surface area contributed by atoms with Crippen molar-refractivity contribution in [1.29, 1.82) is 0 Å². The van der Waals surface area contributed by atoms with Crippen LogP contribution < -0.4 is 0 Å². The zero-order valence-corrected chi connectivity index (χ0v) is 10.3. The van der Waals surface area contributed by atoms with E-state index in [-0.39, 0.29) is 16.1 Å². The van der Waals surface area contributed by atoms with Crippen LogP contribution in [0.15, 0.2) is 48.5 Å². The van der Waals surface area contributed by atoms with Crippen LogP contribution in [0.5, 0.6) is 0 Å². The summed E-state index contributed by atoms with van der Waals surface area (Å²) in [7, 11) is 0. The predicted molar refractivity (Wildman–Crippen MR) is 66.3 cm³/mol. The lowest BCUT2D eigenvalue weighted by molar-refractivity contribution is -0.137. The van der Waals surface area contributed by atoms with Crippen LogP contribution in [0.4, 0.5) is 13.2 Å². The fraction of sp³-hybridized carbons (Fsp3) is 0.0714. The molecule has 0 N–H and O–H groups in total. The average molecular weight is 285 g/mol. The molecule has 5 heteroatoms. The maximum Gasteiger partial charge on any atom is 0.416 e. The lowest BCUT2D eigenvalue weighted by Crippen LogP contribution is -2.08. The van der Waals surface area contributed by atoms with Gasteiger partial charge in [-0.25, -0.2) is 0 Å². The minimum atomic E-state index is -4.48. The Hall–Kier alpha value is -1.81. The van der Waals surface area contributed by atoms with Crippen molar-refractivity contribution in [1.82, 2.24) is 0 Å². The first-order chi connectivity index (χ1) is 8.89. The van der Waals surface area contributed by atoms with E-state index in [9.17, 15) is 18.0 Å².